The summed E-state index contributed by atoms with van der Waals surface area (Å²) in [4.78, 5) is 15.4. The number of rotatable bonds is 3. The van der Waals surface area contributed by atoms with Crippen molar-refractivity contribution in [1.82, 2.24) is 4.98 Å². The van der Waals surface area contributed by atoms with Crippen LogP contribution in [0.2, 0.25) is 0 Å². The van der Waals surface area contributed by atoms with Crippen molar-refractivity contribution in [2.24, 2.45) is 0 Å². The minimum atomic E-state index is -1.37. The molecule has 3 aromatic rings. The molecule has 1 aromatic heterocycles. The number of pyridine rings is 1. The number of carboxylic acids is 1. The zero-order valence-corrected chi connectivity index (χ0v) is 12.3. The summed E-state index contributed by atoms with van der Waals surface area (Å²) in [6, 6.07) is 6.55. The van der Waals surface area contributed by atoms with E-state index in [9.17, 15) is 23.1 Å². The first-order chi connectivity index (χ1) is 11.4. The summed E-state index contributed by atoms with van der Waals surface area (Å²) in [6.45, 7) is 0. The van der Waals surface area contributed by atoms with Crippen molar-refractivity contribution < 1.29 is 27.8 Å². The Hall–Kier alpha value is -3.09. The smallest absolute Gasteiger partial charge is 0.336 e. The summed E-state index contributed by atoms with van der Waals surface area (Å²) in [5, 5.41) is 9.14. The Kier molecular flexibility index (Phi) is 3.84. The number of carboxylic acid groups (broad SMARTS) is 1. The Morgan fingerprint density at radius 3 is 2.46 bits per heavy atom. The third-order valence-electron chi connectivity index (χ3n) is 3.51. The normalized spacial score (nSPS) is 10.8. The van der Waals surface area contributed by atoms with Gasteiger partial charge in [0.15, 0.2) is 17.4 Å². The van der Waals surface area contributed by atoms with E-state index < -0.39 is 23.4 Å². The number of aromatic carboxylic acids is 1. The molecule has 4 nitrogen and oxygen atoms in total. The van der Waals surface area contributed by atoms with E-state index in [4.69, 9.17) is 4.74 Å². The molecule has 122 valence electrons. The van der Waals surface area contributed by atoms with Crippen LogP contribution in [0.3, 0.4) is 0 Å². The second-order valence-electron chi connectivity index (χ2n) is 4.99. The van der Waals surface area contributed by atoms with Crippen LogP contribution in [0.25, 0.3) is 22.2 Å². The topological polar surface area (TPSA) is 59.4 Å². The fourth-order valence-corrected chi connectivity index (χ4v) is 2.40. The Labute approximate surface area is 134 Å². The molecule has 0 saturated carbocycles. The highest BCUT2D eigenvalue weighted by Gasteiger charge is 2.17. The van der Waals surface area contributed by atoms with Gasteiger partial charge in [-0.2, -0.15) is 0 Å². The lowest BCUT2D eigenvalue weighted by atomic mass is 10.0. The van der Waals surface area contributed by atoms with Gasteiger partial charge in [0, 0.05) is 17.0 Å². The summed E-state index contributed by atoms with van der Waals surface area (Å²) >= 11 is 0. The molecule has 24 heavy (non-hydrogen) atoms. The van der Waals surface area contributed by atoms with Gasteiger partial charge < -0.3 is 9.84 Å². The molecule has 0 spiro atoms. The van der Waals surface area contributed by atoms with Gasteiger partial charge in [-0.15, -0.1) is 0 Å². The molecule has 0 bridgehead atoms. The van der Waals surface area contributed by atoms with E-state index in [0.717, 1.165) is 18.2 Å². The lowest BCUT2D eigenvalue weighted by Crippen LogP contribution is -2.02. The van der Waals surface area contributed by atoms with Crippen LogP contribution < -0.4 is 4.74 Å². The van der Waals surface area contributed by atoms with Crippen molar-refractivity contribution in [1.29, 1.82) is 0 Å². The summed E-state index contributed by atoms with van der Waals surface area (Å²) in [5.74, 6) is -3.95. The molecule has 0 unspecified atom stereocenters. The highest BCUT2D eigenvalue weighted by atomic mass is 19.1. The fraction of sp³-hybridized carbons (Fsp3) is 0.0588. The molecule has 7 heteroatoms. The number of hydrogen-bond acceptors (Lipinski definition) is 3. The molecule has 0 aliphatic rings. The molecule has 0 amide bonds. The minimum absolute atomic E-state index is 0.00579. The van der Waals surface area contributed by atoms with Gasteiger partial charge in [0.25, 0.3) is 0 Å². The van der Waals surface area contributed by atoms with Crippen molar-refractivity contribution in [2.45, 2.75) is 0 Å². The van der Waals surface area contributed by atoms with Crippen LogP contribution >= 0.6 is 0 Å². The average Bonchev–Trinajstić information content (AvgIpc) is 2.53. The molecular formula is C17H10F3NO3. The number of aromatic nitrogens is 1. The summed E-state index contributed by atoms with van der Waals surface area (Å²) < 4.78 is 46.0. The first kappa shape index (κ1) is 15.8. The summed E-state index contributed by atoms with van der Waals surface area (Å²) in [5.41, 5.74) is -0.347. The predicted molar refractivity (Wildman–Crippen MR) is 80.6 cm³/mol. The van der Waals surface area contributed by atoms with Gasteiger partial charge in [-0.1, -0.05) is 0 Å². The van der Waals surface area contributed by atoms with Crippen LogP contribution in [-0.2, 0) is 0 Å². The van der Waals surface area contributed by atoms with Crippen LogP contribution in [0, 0.1) is 17.5 Å². The van der Waals surface area contributed by atoms with E-state index in [1.165, 1.54) is 19.2 Å². The van der Waals surface area contributed by atoms with Crippen LogP contribution in [-0.4, -0.2) is 23.2 Å². The van der Waals surface area contributed by atoms with Crippen molar-refractivity contribution in [3.05, 3.63) is 59.4 Å². The lowest BCUT2D eigenvalue weighted by molar-refractivity contribution is 0.0699. The standard InChI is InChI=1S/C17H10F3NO3/c1-24-15-3-2-8(4-12(15)19)14-7-11(17(22)23)10-5-9(18)6-13(20)16(10)21-14/h2-7H,1H3,(H,22,23). The highest BCUT2D eigenvalue weighted by molar-refractivity contribution is 6.03. The van der Waals surface area contributed by atoms with Crippen molar-refractivity contribution >= 4 is 16.9 Å². The molecule has 1 heterocycles. The minimum Gasteiger partial charge on any atom is -0.494 e. The number of hydrogen-bond donors (Lipinski definition) is 1. The quantitative estimate of drug-likeness (QED) is 0.786. The Morgan fingerprint density at radius 2 is 1.83 bits per heavy atom. The second kappa shape index (κ2) is 5.84. The summed E-state index contributed by atoms with van der Waals surface area (Å²) in [6.07, 6.45) is 0. The van der Waals surface area contributed by atoms with Crippen LogP contribution in [0.15, 0.2) is 36.4 Å². The number of fused-ring (bicyclic) bond motifs is 1. The van der Waals surface area contributed by atoms with Gasteiger partial charge in [-0.05, 0) is 30.3 Å². The maximum absolute atomic E-state index is 14.0. The van der Waals surface area contributed by atoms with Crippen molar-refractivity contribution in [3.8, 4) is 17.0 Å². The van der Waals surface area contributed by atoms with Crippen LogP contribution in [0.5, 0.6) is 5.75 Å². The molecule has 1 N–H and O–H groups in total. The van der Waals surface area contributed by atoms with E-state index in [0.29, 0.717) is 6.07 Å². The van der Waals surface area contributed by atoms with Crippen molar-refractivity contribution in [2.75, 3.05) is 7.11 Å². The molecule has 0 aliphatic heterocycles. The van der Waals surface area contributed by atoms with E-state index in [-0.39, 0.29) is 33.5 Å². The van der Waals surface area contributed by atoms with Gasteiger partial charge in [0.05, 0.1) is 18.4 Å². The molecule has 2 aromatic carbocycles. The summed E-state index contributed by atoms with van der Waals surface area (Å²) in [7, 11) is 1.30. The number of carbonyl (C=O) groups is 1. The van der Waals surface area contributed by atoms with E-state index >= 15 is 0 Å². The predicted octanol–water partition coefficient (Wildman–Crippen LogP) is 4.03. The number of halogens is 3. The number of methoxy groups -OCH3 is 1. The van der Waals surface area contributed by atoms with E-state index in [1.54, 1.807) is 0 Å². The molecule has 0 atom stereocenters. The van der Waals surface area contributed by atoms with Gasteiger partial charge in [-0.3, -0.25) is 0 Å². The molecule has 0 fully saturated rings. The van der Waals surface area contributed by atoms with Crippen molar-refractivity contribution in [3.63, 3.8) is 0 Å². The first-order valence-corrected chi connectivity index (χ1v) is 6.77. The number of benzene rings is 2. The molecular weight excluding hydrogens is 323 g/mol. The van der Waals surface area contributed by atoms with Crippen LogP contribution in [0.1, 0.15) is 10.4 Å². The van der Waals surface area contributed by atoms with E-state index in [1.807, 2.05) is 0 Å². The third-order valence-corrected chi connectivity index (χ3v) is 3.51. The van der Waals surface area contributed by atoms with Gasteiger partial charge in [0.1, 0.15) is 11.3 Å². The maximum atomic E-state index is 14.0. The zero-order valence-electron chi connectivity index (χ0n) is 12.3. The third kappa shape index (κ3) is 2.64. The van der Waals surface area contributed by atoms with Crippen LogP contribution in [0.4, 0.5) is 13.2 Å². The monoisotopic (exact) mass is 333 g/mol. The van der Waals surface area contributed by atoms with Gasteiger partial charge >= 0.3 is 5.97 Å². The average molecular weight is 333 g/mol. The van der Waals surface area contributed by atoms with Gasteiger partial charge in [0.2, 0.25) is 0 Å². The number of nitrogens with zero attached hydrogens (tertiary/aromatic N) is 1. The van der Waals surface area contributed by atoms with E-state index in [2.05, 4.69) is 4.98 Å². The molecule has 0 saturated heterocycles. The largest absolute Gasteiger partial charge is 0.494 e. The highest BCUT2D eigenvalue weighted by Crippen LogP contribution is 2.29. The number of ether oxygens (including phenoxy) is 1. The molecule has 0 radical (unpaired) electrons. The maximum Gasteiger partial charge on any atom is 0.336 e. The fourth-order valence-electron chi connectivity index (χ4n) is 2.40. The van der Waals surface area contributed by atoms with Gasteiger partial charge in [-0.25, -0.2) is 22.9 Å². The Morgan fingerprint density at radius 1 is 1.08 bits per heavy atom. The zero-order chi connectivity index (χ0) is 17.4. The first-order valence-electron chi connectivity index (χ1n) is 6.77. The SMILES string of the molecule is COc1ccc(-c2cc(C(=O)O)c3cc(F)cc(F)c3n2)cc1F. The Balaban J connectivity index is 2.30. The Bertz CT molecular complexity index is 973. The second-order valence-corrected chi connectivity index (χ2v) is 4.99. The molecule has 3 rings (SSSR count). The lowest BCUT2D eigenvalue weighted by Gasteiger charge is -2.09. The molecule has 0 aliphatic carbocycles.